The molecular formula is C22H27NO5. The van der Waals surface area contributed by atoms with E-state index in [-0.39, 0.29) is 6.61 Å². The van der Waals surface area contributed by atoms with Gasteiger partial charge in [-0.2, -0.15) is 0 Å². The molecule has 0 bridgehead atoms. The number of hydrogen-bond acceptors (Lipinski definition) is 5. The van der Waals surface area contributed by atoms with Crippen LogP contribution in [0.4, 0.5) is 0 Å². The van der Waals surface area contributed by atoms with Crippen LogP contribution >= 0.6 is 0 Å². The smallest absolute Gasteiger partial charge is 0.348 e. The maximum Gasteiger partial charge on any atom is 0.348 e. The maximum absolute atomic E-state index is 13.3. The topological polar surface area (TPSA) is 73.9 Å². The Kier molecular flexibility index (Phi) is 8.17. The molecule has 0 heterocycles. The van der Waals surface area contributed by atoms with Crippen LogP contribution in [0, 0.1) is 0 Å². The van der Waals surface area contributed by atoms with E-state index in [0.29, 0.717) is 24.3 Å². The predicted molar refractivity (Wildman–Crippen MR) is 106 cm³/mol. The summed E-state index contributed by atoms with van der Waals surface area (Å²) in [5.41, 5.74) is -0.182. The normalized spacial score (nSPS) is 12.2. The highest BCUT2D eigenvalue weighted by molar-refractivity contribution is 5.89. The molecular weight excluding hydrogens is 358 g/mol. The molecule has 0 unspecified atom stereocenters. The third-order valence-corrected chi connectivity index (χ3v) is 4.27. The van der Waals surface area contributed by atoms with E-state index < -0.39 is 23.6 Å². The Morgan fingerprint density at radius 2 is 1.54 bits per heavy atom. The summed E-state index contributed by atoms with van der Waals surface area (Å²) in [5.74, 6) is -1.03. The van der Waals surface area contributed by atoms with Crippen LogP contribution in [0.3, 0.4) is 0 Å². The van der Waals surface area contributed by atoms with E-state index in [2.05, 4.69) is 5.32 Å². The highest BCUT2D eigenvalue weighted by atomic mass is 16.6. The minimum Gasteiger partial charge on any atom is -0.450 e. The van der Waals surface area contributed by atoms with Crippen molar-refractivity contribution in [1.29, 1.82) is 0 Å². The maximum atomic E-state index is 13.3. The van der Waals surface area contributed by atoms with Gasteiger partial charge in [-0.3, -0.25) is 4.79 Å². The monoisotopic (exact) mass is 385 g/mol. The molecule has 0 aliphatic carbocycles. The number of esters is 1. The SMILES string of the molecule is CCOC(C(=O)O[C@H](C)C(=O)NCCOC)(c1ccccc1)c1ccccc1. The number of benzene rings is 2. The molecule has 0 aliphatic rings. The van der Waals surface area contributed by atoms with Gasteiger partial charge >= 0.3 is 5.97 Å². The predicted octanol–water partition coefficient (Wildman–Crippen LogP) is 2.66. The van der Waals surface area contributed by atoms with Gasteiger partial charge in [0.05, 0.1) is 6.61 Å². The molecule has 1 atom stereocenters. The molecule has 0 radical (unpaired) electrons. The Morgan fingerprint density at radius 3 is 2.00 bits per heavy atom. The molecule has 0 saturated heterocycles. The van der Waals surface area contributed by atoms with Gasteiger partial charge in [0.15, 0.2) is 6.10 Å². The molecule has 0 spiro atoms. The zero-order chi connectivity index (χ0) is 20.4. The number of carbonyl (C=O) groups excluding carboxylic acids is 2. The molecule has 0 aliphatic heterocycles. The number of nitrogens with one attached hydrogen (secondary N) is 1. The summed E-state index contributed by atoms with van der Waals surface area (Å²) in [6.45, 7) is 4.35. The van der Waals surface area contributed by atoms with Crippen LogP contribution in [0.2, 0.25) is 0 Å². The van der Waals surface area contributed by atoms with Gasteiger partial charge in [-0.05, 0) is 25.0 Å². The Bertz CT molecular complexity index is 709. The van der Waals surface area contributed by atoms with Crippen molar-refractivity contribution in [3.63, 3.8) is 0 Å². The van der Waals surface area contributed by atoms with Gasteiger partial charge in [-0.15, -0.1) is 0 Å². The number of rotatable bonds is 10. The van der Waals surface area contributed by atoms with Crippen LogP contribution in [0.15, 0.2) is 60.7 Å². The highest BCUT2D eigenvalue weighted by Crippen LogP contribution is 2.35. The van der Waals surface area contributed by atoms with Crippen molar-refractivity contribution in [3.8, 4) is 0 Å². The number of methoxy groups -OCH3 is 1. The van der Waals surface area contributed by atoms with Gasteiger partial charge in [0, 0.05) is 20.3 Å². The summed E-state index contributed by atoms with van der Waals surface area (Å²) in [6.07, 6.45) is -0.975. The lowest BCUT2D eigenvalue weighted by molar-refractivity contribution is -0.175. The molecule has 0 saturated carbocycles. The Hall–Kier alpha value is -2.70. The first kappa shape index (κ1) is 21.6. The summed E-state index contributed by atoms with van der Waals surface area (Å²) in [6, 6.07) is 18.3. The second kappa shape index (κ2) is 10.6. The molecule has 2 aromatic rings. The molecule has 6 nitrogen and oxygen atoms in total. The Balaban J connectivity index is 2.36. The van der Waals surface area contributed by atoms with Crippen molar-refractivity contribution in [2.24, 2.45) is 0 Å². The lowest BCUT2D eigenvalue weighted by atomic mass is 9.86. The standard InChI is InChI=1S/C22H27NO5/c1-4-27-22(18-11-7-5-8-12-18,19-13-9-6-10-14-19)21(25)28-17(2)20(24)23-15-16-26-3/h5-14,17H,4,15-16H2,1-3H3,(H,23,24)/t17-/m1/s1. The quantitative estimate of drug-likeness (QED) is 0.503. The lowest BCUT2D eigenvalue weighted by Crippen LogP contribution is -2.45. The van der Waals surface area contributed by atoms with E-state index >= 15 is 0 Å². The summed E-state index contributed by atoms with van der Waals surface area (Å²) in [7, 11) is 1.55. The van der Waals surface area contributed by atoms with E-state index in [4.69, 9.17) is 14.2 Å². The van der Waals surface area contributed by atoms with Crippen molar-refractivity contribution in [2.45, 2.75) is 25.6 Å². The van der Waals surface area contributed by atoms with E-state index in [9.17, 15) is 9.59 Å². The summed E-state index contributed by atoms with van der Waals surface area (Å²) < 4.78 is 16.5. The fourth-order valence-electron chi connectivity index (χ4n) is 2.91. The highest BCUT2D eigenvalue weighted by Gasteiger charge is 2.45. The summed E-state index contributed by atoms with van der Waals surface area (Å²) in [5, 5.41) is 2.67. The van der Waals surface area contributed by atoms with Crippen LogP contribution in [0.1, 0.15) is 25.0 Å². The zero-order valence-corrected chi connectivity index (χ0v) is 16.5. The number of carbonyl (C=O) groups is 2. The Labute approximate surface area is 165 Å². The van der Waals surface area contributed by atoms with Crippen LogP contribution in [-0.4, -0.2) is 44.8 Å². The second-order valence-corrected chi connectivity index (χ2v) is 6.18. The molecule has 2 rings (SSSR count). The number of hydrogen-bond donors (Lipinski definition) is 1. The summed E-state index contributed by atoms with van der Waals surface area (Å²) in [4.78, 5) is 25.6. The van der Waals surface area contributed by atoms with Gasteiger partial charge in [-0.25, -0.2) is 4.79 Å². The summed E-state index contributed by atoms with van der Waals surface area (Å²) >= 11 is 0. The molecule has 0 aromatic heterocycles. The molecule has 0 fully saturated rings. The third-order valence-electron chi connectivity index (χ3n) is 4.27. The van der Waals surface area contributed by atoms with Crippen LogP contribution in [0.25, 0.3) is 0 Å². The van der Waals surface area contributed by atoms with Gasteiger partial charge in [0.1, 0.15) is 0 Å². The second-order valence-electron chi connectivity index (χ2n) is 6.18. The molecule has 1 amide bonds. The van der Waals surface area contributed by atoms with E-state index in [0.717, 1.165) is 0 Å². The van der Waals surface area contributed by atoms with Gasteiger partial charge in [0.25, 0.3) is 5.91 Å². The van der Waals surface area contributed by atoms with Crippen molar-refractivity contribution < 1.29 is 23.8 Å². The van der Waals surface area contributed by atoms with Crippen molar-refractivity contribution in [3.05, 3.63) is 71.8 Å². The van der Waals surface area contributed by atoms with Crippen molar-refractivity contribution >= 4 is 11.9 Å². The molecule has 1 N–H and O–H groups in total. The van der Waals surface area contributed by atoms with Crippen LogP contribution < -0.4 is 5.32 Å². The van der Waals surface area contributed by atoms with Crippen molar-refractivity contribution in [1.82, 2.24) is 5.32 Å². The average Bonchev–Trinajstić information content (AvgIpc) is 2.73. The first-order chi connectivity index (χ1) is 13.6. The number of ether oxygens (including phenoxy) is 3. The fourth-order valence-corrected chi connectivity index (χ4v) is 2.91. The minimum absolute atomic E-state index is 0.285. The molecule has 28 heavy (non-hydrogen) atoms. The Morgan fingerprint density at radius 1 is 1.00 bits per heavy atom. The third kappa shape index (κ3) is 4.97. The average molecular weight is 385 g/mol. The molecule has 150 valence electrons. The van der Waals surface area contributed by atoms with Gasteiger partial charge in [0.2, 0.25) is 5.60 Å². The van der Waals surface area contributed by atoms with Gasteiger partial charge < -0.3 is 19.5 Å². The largest absolute Gasteiger partial charge is 0.450 e. The zero-order valence-electron chi connectivity index (χ0n) is 16.5. The lowest BCUT2D eigenvalue weighted by Gasteiger charge is -2.33. The minimum atomic E-state index is -1.46. The van der Waals surface area contributed by atoms with E-state index in [1.165, 1.54) is 6.92 Å². The first-order valence-corrected chi connectivity index (χ1v) is 9.29. The first-order valence-electron chi connectivity index (χ1n) is 9.29. The van der Waals surface area contributed by atoms with Crippen LogP contribution in [-0.2, 0) is 29.4 Å². The molecule has 6 heteroatoms. The van der Waals surface area contributed by atoms with Crippen LogP contribution in [0.5, 0.6) is 0 Å². The molecule has 2 aromatic carbocycles. The fraction of sp³-hybridized carbons (Fsp3) is 0.364. The van der Waals surface area contributed by atoms with E-state index in [1.54, 1.807) is 7.11 Å². The van der Waals surface area contributed by atoms with Gasteiger partial charge in [-0.1, -0.05) is 60.7 Å². The van der Waals surface area contributed by atoms with Crippen molar-refractivity contribution in [2.75, 3.05) is 26.9 Å². The van der Waals surface area contributed by atoms with E-state index in [1.807, 2.05) is 67.6 Å². The number of amides is 1.